The Balaban J connectivity index is 2.03. The lowest BCUT2D eigenvalue weighted by molar-refractivity contribution is 0.000487. The largest absolute Gasteiger partial charge is 0.311 e. The Labute approximate surface area is 114 Å². The van der Waals surface area contributed by atoms with Gasteiger partial charge in [-0.15, -0.1) is 0 Å². The molecule has 1 saturated carbocycles. The standard InChI is InChI=1S/C16H32N2/c1-4-8-15-12-18(11-14(2)3)16(13-17-15)9-6-5-7-10-16/h14-15,17H,4-13H2,1-3H3. The van der Waals surface area contributed by atoms with Crippen molar-refractivity contribution in [3.63, 3.8) is 0 Å². The predicted molar refractivity (Wildman–Crippen MR) is 78.9 cm³/mol. The first kappa shape index (κ1) is 14.3. The highest BCUT2D eigenvalue weighted by atomic mass is 15.3. The van der Waals surface area contributed by atoms with Crippen LogP contribution in [0.15, 0.2) is 0 Å². The summed E-state index contributed by atoms with van der Waals surface area (Å²) < 4.78 is 0. The van der Waals surface area contributed by atoms with Crippen LogP contribution in [0.25, 0.3) is 0 Å². The first-order valence-corrected chi connectivity index (χ1v) is 8.15. The second-order valence-corrected chi connectivity index (χ2v) is 6.95. The first-order valence-electron chi connectivity index (χ1n) is 8.15. The van der Waals surface area contributed by atoms with Gasteiger partial charge in [-0.2, -0.15) is 0 Å². The quantitative estimate of drug-likeness (QED) is 0.825. The molecule has 2 nitrogen and oxygen atoms in total. The molecular formula is C16H32N2. The van der Waals surface area contributed by atoms with E-state index in [9.17, 15) is 0 Å². The zero-order valence-corrected chi connectivity index (χ0v) is 12.7. The van der Waals surface area contributed by atoms with Crippen molar-refractivity contribution in [1.29, 1.82) is 0 Å². The highest BCUT2D eigenvalue weighted by Crippen LogP contribution is 2.36. The van der Waals surface area contributed by atoms with Crippen molar-refractivity contribution in [3.05, 3.63) is 0 Å². The molecule has 0 amide bonds. The maximum atomic E-state index is 3.84. The van der Waals surface area contributed by atoms with Gasteiger partial charge in [0.1, 0.15) is 0 Å². The third-order valence-electron chi connectivity index (χ3n) is 4.84. The van der Waals surface area contributed by atoms with Crippen LogP contribution in [0, 0.1) is 5.92 Å². The molecule has 1 unspecified atom stereocenters. The van der Waals surface area contributed by atoms with E-state index in [0.29, 0.717) is 5.54 Å². The molecule has 0 bridgehead atoms. The van der Waals surface area contributed by atoms with E-state index in [2.05, 4.69) is 31.0 Å². The van der Waals surface area contributed by atoms with Gasteiger partial charge in [0.05, 0.1) is 0 Å². The van der Waals surface area contributed by atoms with Crippen molar-refractivity contribution in [2.24, 2.45) is 5.92 Å². The van der Waals surface area contributed by atoms with Gasteiger partial charge in [-0.25, -0.2) is 0 Å². The van der Waals surface area contributed by atoms with E-state index >= 15 is 0 Å². The lowest BCUT2D eigenvalue weighted by atomic mass is 9.77. The summed E-state index contributed by atoms with van der Waals surface area (Å²) in [6.07, 6.45) is 9.82. The van der Waals surface area contributed by atoms with Crippen LogP contribution in [-0.4, -0.2) is 36.1 Å². The third-order valence-corrected chi connectivity index (χ3v) is 4.84. The molecule has 1 N–H and O–H groups in total. The minimum absolute atomic E-state index is 0.507. The molecule has 2 rings (SSSR count). The molecule has 0 aromatic rings. The Kier molecular flexibility index (Phi) is 5.08. The van der Waals surface area contributed by atoms with Crippen LogP contribution in [0.3, 0.4) is 0 Å². The molecule has 18 heavy (non-hydrogen) atoms. The van der Waals surface area contributed by atoms with E-state index in [-0.39, 0.29) is 0 Å². The Bertz CT molecular complexity index is 243. The zero-order valence-electron chi connectivity index (χ0n) is 12.7. The van der Waals surface area contributed by atoms with Gasteiger partial charge >= 0.3 is 0 Å². The van der Waals surface area contributed by atoms with Crippen molar-refractivity contribution in [2.45, 2.75) is 77.3 Å². The van der Waals surface area contributed by atoms with E-state index in [0.717, 1.165) is 12.0 Å². The van der Waals surface area contributed by atoms with E-state index < -0.39 is 0 Å². The number of hydrogen-bond acceptors (Lipinski definition) is 2. The molecule has 1 atom stereocenters. The van der Waals surface area contributed by atoms with E-state index in [1.165, 1.54) is 64.6 Å². The lowest BCUT2D eigenvalue weighted by Gasteiger charge is -2.53. The van der Waals surface area contributed by atoms with E-state index in [1.807, 2.05) is 0 Å². The number of piperazine rings is 1. The summed E-state index contributed by atoms with van der Waals surface area (Å²) in [4.78, 5) is 2.85. The van der Waals surface area contributed by atoms with Crippen molar-refractivity contribution in [1.82, 2.24) is 10.2 Å². The van der Waals surface area contributed by atoms with Crippen LogP contribution < -0.4 is 5.32 Å². The maximum Gasteiger partial charge on any atom is 0.0334 e. The molecule has 1 saturated heterocycles. The summed E-state index contributed by atoms with van der Waals surface area (Å²) >= 11 is 0. The van der Waals surface area contributed by atoms with Gasteiger partial charge in [0, 0.05) is 31.2 Å². The van der Waals surface area contributed by atoms with Crippen LogP contribution in [0.4, 0.5) is 0 Å². The minimum Gasteiger partial charge on any atom is -0.311 e. The Morgan fingerprint density at radius 1 is 1.22 bits per heavy atom. The van der Waals surface area contributed by atoms with Crippen LogP contribution in [0.5, 0.6) is 0 Å². The highest BCUT2D eigenvalue weighted by molar-refractivity contribution is 5.00. The smallest absolute Gasteiger partial charge is 0.0334 e. The molecule has 1 spiro atoms. The van der Waals surface area contributed by atoms with Gasteiger partial charge in [-0.05, 0) is 25.2 Å². The molecule has 1 aliphatic heterocycles. The summed E-state index contributed by atoms with van der Waals surface area (Å²) in [7, 11) is 0. The topological polar surface area (TPSA) is 15.3 Å². The fourth-order valence-electron chi connectivity index (χ4n) is 3.92. The molecular weight excluding hydrogens is 220 g/mol. The van der Waals surface area contributed by atoms with Crippen LogP contribution in [0.2, 0.25) is 0 Å². The maximum absolute atomic E-state index is 3.84. The highest BCUT2D eigenvalue weighted by Gasteiger charge is 2.41. The van der Waals surface area contributed by atoms with Crippen LogP contribution in [0.1, 0.15) is 65.7 Å². The summed E-state index contributed by atoms with van der Waals surface area (Å²) in [5.74, 6) is 0.796. The molecule has 1 heterocycles. The van der Waals surface area contributed by atoms with Gasteiger partial charge in [0.2, 0.25) is 0 Å². The average Bonchev–Trinajstić information content (AvgIpc) is 2.35. The first-order chi connectivity index (χ1) is 8.66. The Morgan fingerprint density at radius 3 is 2.56 bits per heavy atom. The number of hydrogen-bond donors (Lipinski definition) is 1. The molecule has 106 valence electrons. The summed E-state index contributed by atoms with van der Waals surface area (Å²) in [5, 5.41) is 3.84. The molecule has 0 aromatic carbocycles. The summed E-state index contributed by atoms with van der Waals surface area (Å²) in [5.41, 5.74) is 0.507. The van der Waals surface area contributed by atoms with Gasteiger partial charge in [-0.1, -0.05) is 46.5 Å². The molecule has 2 heteroatoms. The van der Waals surface area contributed by atoms with E-state index in [4.69, 9.17) is 0 Å². The van der Waals surface area contributed by atoms with Crippen molar-refractivity contribution in [2.75, 3.05) is 19.6 Å². The summed E-state index contributed by atoms with van der Waals surface area (Å²) in [6.45, 7) is 10.9. The van der Waals surface area contributed by atoms with Crippen molar-refractivity contribution < 1.29 is 0 Å². The average molecular weight is 252 g/mol. The van der Waals surface area contributed by atoms with Crippen molar-refractivity contribution in [3.8, 4) is 0 Å². The second kappa shape index (κ2) is 6.38. The SMILES string of the molecule is CCCC1CN(CC(C)C)C2(CCCCC2)CN1. The molecule has 0 aromatic heterocycles. The Morgan fingerprint density at radius 2 is 1.94 bits per heavy atom. The van der Waals surface area contributed by atoms with Crippen LogP contribution >= 0.6 is 0 Å². The minimum atomic E-state index is 0.507. The van der Waals surface area contributed by atoms with Gasteiger partial charge < -0.3 is 5.32 Å². The normalized spacial score (nSPS) is 29.0. The van der Waals surface area contributed by atoms with Gasteiger partial charge in [0.25, 0.3) is 0 Å². The van der Waals surface area contributed by atoms with E-state index in [1.54, 1.807) is 0 Å². The van der Waals surface area contributed by atoms with Gasteiger partial charge in [-0.3, -0.25) is 4.90 Å². The third kappa shape index (κ3) is 3.27. The van der Waals surface area contributed by atoms with Crippen molar-refractivity contribution >= 4 is 0 Å². The number of nitrogens with zero attached hydrogens (tertiary/aromatic N) is 1. The summed E-state index contributed by atoms with van der Waals surface area (Å²) in [6, 6.07) is 0.737. The lowest BCUT2D eigenvalue weighted by Crippen LogP contribution is -2.65. The second-order valence-electron chi connectivity index (χ2n) is 6.95. The number of rotatable bonds is 4. The molecule has 0 radical (unpaired) electrons. The fraction of sp³-hybridized carbons (Fsp3) is 1.00. The monoisotopic (exact) mass is 252 g/mol. The molecule has 2 aliphatic rings. The molecule has 2 fully saturated rings. The number of nitrogens with one attached hydrogen (secondary N) is 1. The van der Waals surface area contributed by atoms with Gasteiger partial charge in [0.15, 0.2) is 0 Å². The predicted octanol–water partition coefficient (Wildman–Crippen LogP) is 3.42. The zero-order chi connectivity index (χ0) is 13.0. The fourth-order valence-corrected chi connectivity index (χ4v) is 3.92. The van der Waals surface area contributed by atoms with Crippen LogP contribution in [-0.2, 0) is 0 Å². The Hall–Kier alpha value is -0.0800. The molecule has 1 aliphatic carbocycles.